The first-order chi connectivity index (χ1) is 18.8. The van der Waals surface area contributed by atoms with E-state index in [1.807, 2.05) is 12.1 Å². The number of ether oxygens (including phenoxy) is 1. The molecule has 1 atom stereocenters. The lowest BCUT2D eigenvalue weighted by Crippen LogP contribution is -2.49. The number of aromatic nitrogens is 2. The summed E-state index contributed by atoms with van der Waals surface area (Å²) in [6.07, 6.45) is 7.50. The first kappa shape index (κ1) is 27.3. The van der Waals surface area contributed by atoms with E-state index in [1.165, 1.54) is 12.1 Å². The highest BCUT2D eigenvalue weighted by molar-refractivity contribution is 6.30. The molecule has 1 saturated carbocycles. The smallest absolute Gasteiger partial charge is 0.338 e. The number of anilines is 1. The number of hydrogen-bond donors (Lipinski definition) is 2. The minimum atomic E-state index is -1.95. The Kier molecular flexibility index (Phi) is 8.05. The van der Waals surface area contributed by atoms with E-state index < -0.39 is 23.3 Å². The number of benzene rings is 2. The number of aliphatic hydroxyl groups is 1. The maximum atomic E-state index is 15.1. The largest absolute Gasteiger partial charge is 0.462 e. The van der Waals surface area contributed by atoms with Crippen LogP contribution in [0.1, 0.15) is 79.2 Å². The second-order valence-electron chi connectivity index (χ2n) is 10.3. The van der Waals surface area contributed by atoms with Gasteiger partial charge in [-0.05, 0) is 87.9 Å². The lowest BCUT2D eigenvalue weighted by atomic mass is 9.72. The minimum Gasteiger partial charge on any atom is -0.462 e. The monoisotopic (exact) mass is 553 g/mol. The zero-order valence-corrected chi connectivity index (χ0v) is 22.8. The Morgan fingerprint density at radius 3 is 2.51 bits per heavy atom. The van der Waals surface area contributed by atoms with Crippen molar-refractivity contribution in [2.45, 2.75) is 70.3 Å². The number of fused-ring (bicyclic) bond motifs is 1. The van der Waals surface area contributed by atoms with Gasteiger partial charge in [0.2, 0.25) is 0 Å². The van der Waals surface area contributed by atoms with E-state index in [9.17, 15) is 14.7 Å². The molecule has 0 aliphatic heterocycles. The molecule has 0 bridgehead atoms. The fourth-order valence-electron chi connectivity index (χ4n) is 5.90. The Morgan fingerprint density at radius 1 is 1.10 bits per heavy atom. The number of carbonyl (C=O) groups excluding carboxylic acids is 2. The molecule has 1 heterocycles. The van der Waals surface area contributed by atoms with Gasteiger partial charge in [-0.1, -0.05) is 30.9 Å². The van der Waals surface area contributed by atoms with Crippen LogP contribution in [0.5, 0.6) is 0 Å². The molecule has 2 aliphatic carbocycles. The summed E-state index contributed by atoms with van der Waals surface area (Å²) in [4.78, 5) is 26.2. The van der Waals surface area contributed by atoms with E-state index >= 15 is 4.39 Å². The second kappa shape index (κ2) is 11.5. The highest BCUT2D eigenvalue weighted by atomic mass is 35.5. The highest BCUT2D eigenvalue weighted by Gasteiger charge is 2.50. The molecule has 0 radical (unpaired) electrons. The van der Waals surface area contributed by atoms with Gasteiger partial charge in [-0.3, -0.25) is 4.79 Å². The van der Waals surface area contributed by atoms with E-state index in [0.717, 1.165) is 55.8 Å². The van der Waals surface area contributed by atoms with Crippen LogP contribution in [0.3, 0.4) is 0 Å². The molecule has 9 heteroatoms. The molecule has 5 rings (SSSR count). The van der Waals surface area contributed by atoms with E-state index in [1.54, 1.807) is 23.7 Å². The normalized spacial score (nSPS) is 17.2. The summed E-state index contributed by atoms with van der Waals surface area (Å²) in [5.41, 5.74) is 0.877. The molecule has 206 valence electrons. The van der Waals surface area contributed by atoms with Crippen LogP contribution in [0.4, 0.5) is 10.1 Å². The van der Waals surface area contributed by atoms with Crippen molar-refractivity contribution >= 4 is 29.2 Å². The second-order valence-corrected chi connectivity index (χ2v) is 10.8. The standard InChI is InChI=1S/C30H33ClFN3O4/c1-2-39-28(36)19-12-17-26(24(32)18-19)33-29(37)30(38,20-8-4-3-5-9-20)27-23-10-6-7-11-25(23)34-35(27)22-15-13-21(31)14-16-22/h12-18,20,38H,2-11H2,1H3,(H,33,37). The quantitative estimate of drug-likeness (QED) is 0.343. The van der Waals surface area contributed by atoms with Crippen LogP contribution in [0.15, 0.2) is 42.5 Å². The third-order valence-corrected chi connectivity index (χ3v) is 8.11. The Morgan fingerprint density at radius 2 is 1.82 bits per heavy atom. The molecule has 2 aromatic carbocycles. The predicted octanol–water partition coefficient (Wildman–Crippen LogP) is 6.13. The van der Waals surface area contributed by atoms with Crippen LogP contribution in [0, 0.1) is 11.7 Å². The topological polar surface area (TPSA) is 93.4 Å². The Hall–Kier alpha value is -3.23. The van der Waals surface area contributed by atoms with Crippen LogP contribution in [-0.2, 0) is 28.0 Å². The number of amides is 1. The summed E-state index contributed by atoms with van der Waals surface area (Å²) in [6, 6.07) is 10.9. The predicted molar refractivity (Wildman–Crippen MR) is 147 cm³/mol. The van der Waals surface area contributed by atoms with Crippen LogP contribution in [-0.4, -0.2) is 33.4 Å². The third kappa shape index (κ3) is 5.32. The molecule has 2 N–H and O–H groups in total. The van der Waals surface area contributed by atoms with Gasteiger partial charge in [0.1, 0.15) is 5.82 Å². The lowest BCUT2D eigenvalue weighted by molar-refractivity contribution is -0.144. The van der Waals surface area contributed by atoms with E-state index in [0.29, 0.717) is 35.7 Å². The molecule has 1 amide bonds. The Bertz CT molecular complexity index is 1370. The molecule has 1 aromatic heterocycles. The number of rotatable bonds is 7. The SMILES string of the molecule is CCOC(=O)c1ccc(NC(=O)C(O)(c2c3c(nn2-c2ccc(Cl)cc2)CCCC3)C2CCCCC2)c(F)c1. The zero-order valence-electron chi connectivity index (χ0n) is 22.0. The molecule has 0 saturated heterocycles. The van der Waals surface area contributed by atoms with Crippen molar-refractivity contribution in [2.75, 3.05) is 11.9 Å². The van der Waals surface area contributed by atoms with Gasteiger partial charge in [0.25, 0.3) is 5.91 Å². The third-order valence-electron chi connectivity index (χ3n) is 7.86. The van der Waals surface area contributed by atoms with Crippen molar-refractivity contribution in [3.63, 3.8) is 0 Å². The summed E-state index contributed by atoms with van der Waals surface area (Å²) in [5, 5.41) is 20.7. The van der Waals surface area contributed by atoms with E-state index in [4.69, 9.17) is 21.4 Å². The maximum absolute atomic E-state index is 15.1. The van der Waals surface area contributed by atoms with Crippen molar-refractivity contribution in [3.05, 3.63) is 75.8 Å². The first-order valence-corrected chi connectivity index (χ1v) is 14.1. The van der Waals surface area contributed by atoms with Crippen molar-refractivity contribution in [2.24, 2.45) is 5.92 Å². The minimum absolute atomic E-state index is 0.0461. The number of hydrogen-bond acceptors (Lipinski definition) is 5. The fourth-order valence-corrected chi connectivity index (χ4v) is 6.02. The van der Waals surface area contributed by atoms with Gasteiger partial charge in [0.05, 0.1) is 34.9 Å². The molecule has 0 spiro atoms. The molecule has 3 aromatic rings. The van der Waals surface area contributed by atoms with Gasteiger partial charge in [0, 0.05) is 16.5 Å². The van der Waals surface area contributed by atoms with Gasteiger partial charge in [0.15, 0.2) is 5.60 Å². The van der Waals surface area contributed by atoms with E-state index in [2.05, 4.69) is 5.32 Å². The van der Waals surface area contributed by atoms with Gasteiger partial charge < -0.3 is 15.2 Å². The van der Waals surface area contributed by atoms with Crippen LogP contribution in [0.25, 0.3) is 5.69 Å². The number of nitrogens with one attached hydrogen (secondary N) is 1. The van der Waals surface area contributed by atoms with E-state index in [-0.39, 0.29) is 23.8 Å². The van der Waals surface area contributed by atoms with Crippen LogP contribution < -0.4 is 5.32 Å². The highest BCUT2D eigenvalue weighted by Crippen LogP contribution is 2.44. The Balaban J connectivity index is 1.60. The van der Waals surface area contributed by atoms with Gasteiger partial charge >= 0.3 is 5.97 Å². The summed E-state index contributed by atoms with van der Waals surface area (Å²) in [7, 11) is 0. The summed E-state index contributed by atoms with van der Waals surface area (Å²) < 4.78 is 21.7. The number of nitrogens with zero attached hydrogens (tertiary/aromatic N) is 2. The average Bonchev–Trinajstić information content (AvgIpc) is 3.34. The van der Waals surface area contributed by atoms with Crippen molar-refractivity contribution in [1.82, 2.24) is 9.78 Å². The van der Waals surface area contributed by atoms with Crippen LogP contribution >= 0.6 is 11.6 Å². The van der Waals surface area contributed by atoms with Gasteiger partial charge in [-0.25, -0.2) is 13.9 Å². The van der Waals surface area contributed by atoms with Crippen molar-refractivity contribution < 1.29 is 23.8 Å². The number of aryl methyl sites for hydroxylation is 1. The molecule has 7 nitrogen and oxygen atoms in total. The molecular weight excluding hydrogens is 521 g/mol. The molecule has 1 unspecified atom stereocenters. The molecule has 1 fully saturated rings. The zero-order chi connectivity index (χ0) is 27.6. The molecule has 2 aliphatic rings. The summed E-state index contributed by atoms with van der Waals surface area (Å²) >= 11 is 6.15. The van der Waals surface area contributed by atoms with Crippen LogP contribution in [0.2, 0.25) is 5.02 Å². The fraction of sp³-hybridized carbons (Fsp3) is 0.433. The average molecular weight is 554 g/mol. The molecule has 39 heavy (non-hydrogen) atoms. The summed E-state index contributed by atoms with van der Waals surface area (Å²) in [6.45, 7) is 1.83. The van der Waals surface area contributed by atoms with Crippen molar-refractivity contribution in [1.29, 1.82) is 0 Å². The summed E-state index contributed by atoms with van der Waals surface area (Å²) in [5.74, 6) is -2.51. The number of halogens is 2. The first-order valence-electron chi connectivity index (χ1n) is 13.7. The van der Waals surface area contributed by atoms with Crippen molar-refractivity contribution in [3.8, 4) is 5.69 Å². The number of carbonyl (C=O) groups is 2. The van der Waals surface area contributed by atoms with Gasteiger partial charge in [-0.2, -0.15) is 5.10 Å². The molecular formula is C30H33ClFN3O4. The maximum Gasteiger partial charge on any atom is 0.338 e. The van der Waals surface area contributed by atoms with Gasteiger partial charge in [-0.15, -0.1) is 0 Å². The Labute approximate surface area is 232 Å². The lowest BCUT2D eigenvalue weighted by Gasteiger charge is -2.38. The number of esters is 1.